The van der Waals surface area contributed by atoms with Crippen molar-refractivity contribution >= 4 is 28.8 Å². The van der Waals surface area contributed by atoms with Crippen molar-refractivity contribution in [2.75, 3.05) is 18.4 Å². The second-order valence-corrected chi connectivity index (χ2v) is 6.93. The van der Waals surface area contributed by atoms with E-state index in [4.69, 9.17) is 18.0 Å². The molecule has 0 aromatic heterocycles. The lowest BCUT2D eigenvalue weighted by Gasteiger charge is -2.25. The van der Waals surface area contributed by atoms with Crippen molar-refractivity contribution in [1.82, 2.24) is 4.90 Å². The minimum Gasteiger partial charge on any atom is -0.389 e. The fraction of sp³-hybridized carbons (Fsp3) is 0.500. The van der Waals surface area contributed by atoms with Crippen LogP contribution in [0.4, 0.5) is 5.69 Å². The van der Waals surface area contributed by atoms with E-state index in [0.717, 1.165) is 30.8 Å². The van der Waals surface area contributed by atoms with Crippen LogP contribution in [-0.4, -0.2) is 34.9 Å². The molecule has 0 spiro atoms. The Labute approximate surface area is 131 Å². The number of nitrogens with one attached hydrogen (secondary N) is 1. The first-order chi connectivity index (χ1) is 9.78. The van der Waals surface area contributed by atoms with Crippen LogP contribution in [0.1, 0.15) is 32.8 Å². The van der Waals surface area contributed by atoms with Gasteiger partial charge in [0, 0.05) is 17.8 Å². The molecule has 0 radical (unpaired) electrons. The number of hydrogen-bond donors (Lipinski definition) is 2. The molecule has 5 heteroatoms. The summed E-state index contributed by atoms with van der Waals surface area (Å²) in [6.07, 6.45) is 1.13. The molecule has 21 heavy (non-hydrogen) atoms. The van der Waals surface area contributed by atoms with Crippen LogP contribution < -0.4 is 11.1 Å². The van der Waals surface area contributed by atoms with Gasteiger partial charge in [-0.2, -0.15) is 0 Å². The molecule has 1 saturated heterocycles. The highest BCUT2D eigenvalue weighted by molar-refractivity contribution is 7.80. The van der Waals surface area contributed by atoms with Gasteiger partial charge in [-0.05, 0) is 49.6 Å². The van der Waals surface area contributed by atoms with Gasteiger partial charge >= 0.3 is 0 Å². The molecule has 2 rings (SSSR count). The largest absolute Gasteiger partial charge is 0.389 e. The predicted octanol–water partition coefficient (Wildman–Crippen LogP) is 2.38. The second-order valence-electron chi connectivity index (χ2n) is 6.49. The monoisotopic (exact) mass is 305 g/mol. The van der Waals surface area contributed by atoms with E-state index in [2.05, 4.69) is 24.1 Å². The van der Waals surface area contributed by atoms with Gasteiger partial charge in [-0.25, -0.2) is 0 Å². The van der Waals surface area contributed by atoms with E-state index >= 15 is 0 Å². The number of carbonyl (C=O) groups is 1. The Morgan fingerprint density at radius 2 is 2.00 bits per heavy atom. The van der Waals surface area contributed by atoms with E-state index in [1.165, 1.54) is 0 Å². The van der Waals surface area contributed by atoms with Crippen LogP contribution in [0, 0.1) is 5.41 Å². The standard InChI is InChI=1S/C16H23N3OS/c1-11(19-9-8-16(2,3)10-19)15(20)18-13-6-4-12(5-7-13)14(17)21/h4-7,11H,8-10H2,1-3H3,(H2,17,21)(H,18,20). The van der Waals surface area contributed by atoms with Gasteiger partial charge in [-0.3, -0.25) is 9.69 Å². The predicted molar refractivity (Wildman–Crippen MR) is 90.4 cm³/mol. The SMILES string of the molecule is CC(C(=O)Nc1ccc(C(N)=S)cc1)N1CCC(C)(C)C1. The molecular formula is C16H23N3OS. The van der Waals surface area contributed by atoms with Gasteiger partial charge in [0.1, 0.15) is 4.99 Å². The first-order valence-electron chi connectivity index (χ1n) is 7.23. The lowest BCUT2D eigenvalue weighted by atomic mass is 9.93. The van der Waals surface area contributed by atoms with Crippen LogP contribution in [0.2, 0.25) is 0 Å². The summed E-state index contributed by atoms with van der Waals surface area (Å²) in [5.74, 6) is 0.0239. The maximum Gasteiger partial charge on any atom is 0.241 e. The quantitative estimate of drug-likeness (QED) is 0.839. The average Bonchev–Trinajstić information content (AvgIpc) is 2.78. The molecule has 1 atom stereocenters. The summed E-state index contributed by atoms with van der Waals surface area (Å²) in [7, 11) is 0. The minimum absolute atomic E-state index is 0.0239. The van der Waals surface area contributed by atoms with Gasteiger partial charge < -0.3 is 11.1 Å². The lowest BCUT2D eigenvalue weighted by molar-refractivity contribution is -0.120. The van der Waals surface area contributed by atoms with Crippen LogP contribution in [0.15, 0.2) is 24.3 Å². The summed E-state index contributed by atoms with van der Waals surface area (Å²) < 4.78 is 0. The number of nitrogens with two attached hydrogens (primary N) is 1. The van der Waals surface area contributed by atoms with E-state index in [0.29, 0.717) is 10.4 Å². The molecule has 1 unspecified atom stereocenters. The molecule has 0 saturated carbocycles. The van der Waals surface area contributed by atoms with Gasteiger partial charge in [-0.1, -0.05) is 26.1 Å². The van der Waals surface area contributed by atoms with E-state index < -0.39 is 0 Å². The average molecular weight is 305 g/mol. The molecule has 0 bridgehead atoms. The van der Waals surface area contributed by atoms with Crippen molar-refractivity contribution in [3.05, 3.63) is 29.8 Å². The number of hydrogen-bond acceptors (Lipinski definition) is 3. The normalized spacial score (nSPS) is 19.2. The summed E-state index contributed by atoms with van der Waals surface area (Å²) in [5.41, 5.74) is 7.43. The maximum absolute atomic E-state index is 12.3. The topological polar surface area (TPSA) is 58.4 Å². The molecule has 1 aromatic rings. The Balaban J connectivity index is 1.96. The summed E-state index contributed by atoms with van der Waals surface area (Å²) in [6.45, 7) is 8.38. The Morgan fingerprint density at radius 3 is 2.48 bits per heavy atom. The van der Waals surface area contributed by atoms with E-state index in [9.17, 15) is 4.79 Å². The van der Waals surface area contributed by atoms with Crippen molar-refractivity contribution in [3.8, 4) is 0 Å². The third kappa shape index (κ3) is 4.02. The Bertz CT molecular complexity index is 539. The molecule has 114 valence electrons. The number of carbonyl (C=O) groups excluding carboxylic acids is 1. The fourth-order valence-electron chi connectivity index (χ4n) is 2.62. The van der Waals surface area contributed by atoms with Crippen LogP contribution >= 0.6 is 12.2 Å². The van der Waals surface area contributed by atoms with Crippen molar-refractivity contribution < 1.29 is 4.79 Å². The zero-order valence-electron chi connectivity index (χ0n) is 12.8. The highest BCUT2D eigenvalue weighted by atomic mass is 32.1. The second kappa shape index (κ2) is 6.12. The fourth-order valence-corrected chi connectivity index (χ4v) is 2.75. The highest BCUT2D eigenvalue weighted by Crippen LogP contribution is 2.30. The third-order valence-corrected chi connectivity index (χ3v) is 4.31. The zero-order valence-corrected chi connectivity index (χ0v) is 13.7. The number of rotatable bonds is 4. The number of thiocarbonyl (C=S) groups is 1. The zero-order chi connectivity index (χ0) is 15.6. The molecule has 1 fully saturated rings. The van der Waals surface area contributed by atoms with Crippen LogP contribution in [0.5, 0.6) is 0 Å². The summed E-state index contributed by atoms with van der Waals surface area (Å²) in [6, 6.07) is 7.17. The molecule has 1 amide bonds. The van der Waals surface area contributed by atoms with Gasteiger partial charge in [-0.15, -0.1) is 0 Å². The molecule has 1 heterocycles. The highest BCUT2D eigenvalue weighted by Gasteiger charge is 2.34. The van der Waals surface area contributed by atoms with Gasteiger partial charge in [0.2, 0.25) is 5.91 Å². The Kier molecular flexibility index (Phi) is 4.64. The van der Waals surface area contributed by atoms with Crippen LogP contribution in [0.25, 0.3) is 0 Å². The molecule has 3 N–H and O–H groups in total. The Hall–Kier alpha value is -1.46. The maximum atomic E-state index is 12.3. The van der Waals surface area contributed by atoms with Crippen molar-refractivity contribution in [3.63, 3.8) is 0 Å². The lowest BCUT2D eigenvalue weighted by Crippen LogP contribution is -2.41. The van der Waals surface area contributed by atoms with Gasteiger partial charge in [0.25, 0.3) is 0 Å². The number of likely N-dealkylation sites (tertiary alicyclic amines) is 1. The minimum atomic E-state index is -0.123. The van der Waals surface area contributed by atoms with Crippen molar-refractivity contribution in [1.29, 1.82) is 0 Å². The summed E-state index contributed by atoms with van der Waals surface area (Å²) in [4.78, 5) is 14.9. The molecule has 1 aliphatic heterocycles. The first-order valence-corrected chi connectivity index (χ1v) is 7.64. The number of nitrogens with zero attached hydrogens (tertiary/aromatic N) is 1. The molecule has 1 aromatic carbocycles. The number of anilines is 1. The molecule has 0 aliphatic carbocycles. The first kappa shape index (κ1) is 15.9. The summed E-state index contributed by atoms with van der Waals surface area (Å²) in [5, 5.41) is 2.95. The summed E-state index contributed by atoms with van der Waals surface area (Å²) >= 11 is 4.91. The number of amides is 1. The van der Waals surface area contributed by atoms with Crippen molar-refractivity contribution in [2.24, 2.45) is 11.1 Å². The molecule has 4 nitrogen and oxygen atoms in total. The van der Waals surface area contributed by atoms with Gasteiger partial charge in [0.05, 0.1) is 6.04 Å². The van der Waals surface area contributed by atoms with Gasteiger partial charge in [0.15, 0.2) is 0 Å². The smallest absolute Gasteiger partial charge is 0.241 e. The van der Waals surface area contributed by atoms with E-state index in [-0.39, 0.29) is 11.9 Å². The molecule has 1 aliphatic rings. The van der Waals surface area contributed by atoms with Crippen LogP contribution in [0.3, 0.4) is 0 Å². The Morgan fingerprint density at radius 1 is 1.38 bits per heavy atom. The third-order valence-electron chi connectivity index (χ3n) is 4.07. The van der Waals surface area contributed by atoms with E-state index in [1.54, 1.807) is 0 Å². The van der Waals surface area contributed by atoms with Crippen molar-refractivity contribution in [2.45, 2.75) is 33.2 Å². The van der Waals surface area contributed by atoms with E-state index in [1.807, 2.05) is 31.2 Å². The van der Waals surface area contributed by atoms with Crippen LogP contribution in [-0.2, 0) is 4.79 Å². The number of benzene rings is 1. The molecular weight excluding hydrogens is 282 g/mol.